The zero-order valence-corrected chi connectivity index (χ0v) is 22.2. The van der Waals surface area contributed by atoms with E-state index < -0.39 is 5.95 Å². The molecule has 1 saturated heterocycles. The van der Waals surface area contributed by atoms with Crippen LogP contribution >= 0.6 is 0 Å². The van der Waals surface area contributed by atoms with Gasteiger partial charge in [0.15, 0.2) is 0 Å². The van der Waals surface area contributed by atoms with Crippen LogP contribution in [0.4, 0.5) is 21.8 Å². The van der Waals surface area contributed by atoms with Crippen LogP contribution in [0.1, 0.15) is 31.2 Å². The lowest BCUT2D eigenvalue weighted by Crippen LogP contribution is -2.38. The molecule has 0 aliphatic carbocycles. The van der Waals surface area contributed by atoms with Gasteiger partial charge in [-0.2, -0.15) is 9.37 Å². The lowest BCUT2D eigenvalue weighted by molar-refractivity contribution is -0.131. The van der Waals surface area contributed by atoms with Crippen LogP contribution in [0.5, 0.6) is 0 Å². The smallest absolute Gasteiger partial charge is 0.246 e. The highest BCUT2D eigenvalue weighted by Crippen LogP contribution is 2.24. The Morgan fingerprint density at radius 1 is 1.21 bits per heavy atom. The molecular weight excluding hydrogens is 487 g/mol. The number of carbonyl (C=O) groups is 2. The summed E-state index contributed by atoms with van der Waals surface area (Å²) >= 11 is 0. The number of aromatic nitrogens is 3. The second-order valence-electron chi connectivity index (χ2n) is 9.23. The first-order chi connectivity index (χ1) is 18.3. The van der Waals surface area contributed by atoms with Crippen LogP contribution in [-0.4, -0.2) is 90.4 Å². The number of pyridine rings is 1. The zero-order valence-electron chi connectivity index (χ0n) is 22.2. The minimum atomic E-state index is -0.582. The molecule has 2 aromatic heterocycles. The predicted molar refractivity (Wildman–Crippen MR) is 145 cm³/mol. The molecule has 3 rings (SSSR count). The van der Waals surface area contributed by atoms with Gasteiger partial charge in [0.2, 0.25) is 23.7 Å². The summed E-state index contributed by atoms with van der Waals surface area (Å²) < 4.78 is 13.4. The zero-order chi connectivity index (χ0) is 27.3. The molecule has 0 bridgehead atoms. The lowest BCUT2D eigenvalue weighted by Gasteiger charge is -2.18. The molecule has 202 valence electrons. The van der Waals surface area contributed by atoms with E-state index in [1.54, 1.807) is 25.4 Å². The average Bonchev–Trinajstić information content (AvgIpc) is 3.41. The van der Waals surface area contributed by atoms with E-state index in [2.05, 4.69) is 42.3 Å². The normalized spacial score (nSPS) is 12.9. The van der Waals surface area contributed by atoms with Crippen LogP contribution in [0.2, 0.25) is 0 Å². The molecule has 0 unspecified atom stereocenters. The van der Waals surface area contributed by atoms with E-state index in [9.17, 15) is 14.0 Å². The number of nitrogens with one attached hydrogen (secondary N) is 2. The molecule has 1 aliphatic rings. The molecule has 38 heavy (non-hydrogen) atoms. The number of halogens is 1. The van der Waals surface area contributed by atoms with E-state index in [0.717, 1.165) is 37.3 Å². The Labute approximate surface area is 223 Å². The summed E-state index contributed by atoms with van der Waals surface area (Å²) in [4.78, 5) is 42.2. The highest BCUT2D eigenvalue weighted by atomic mass is 19.1. The Bertz CT molecular complexity index is 1190. The molecule has 0 aromatic carbocycles. The number of amides is 2. The summed E-state index contributed by atoms with van der Waals surface area (Å²) in [6.07, 6.45) is 9.72. The predicted octanol–water partition coefficient (Wildman–Crippen LogP) is 2.18. The highest BCUT2D eigenvalue weighted by Gasteiger charge is 2.18. The first-order valence-electron chi connectivity index (χ1n) is 12.6. The van der Waals surface area contributed by atoms with E-state index in [1.807, 2.05) is 19.0 Å². The van der Waals surface area contributed by atoms with Crippen molar-refractivity contribution in [1.82, 2.24) is 30.1 Å². The monoisotopic (exact) mass is 522 g/mol. The maximum atomic E-state index is 13.4. The number of anilines is 3. The molecular formula is C27H35FN8O2. The number of unbranched alkanes of at least 4 members (excludes halogenated alkanes) is 1. The highest BCUT2D eigenvalue weighted by molar-refractivity contribution is 5.91. The van der Waals surface area contributed by atoms with Crippen LogP contribution in [0.25, 0.3) is 0 Å². The Morgan fingerprint density at radius 3 is 2.74 bits per heavy atom. The summed E-state index contributed by atoms with van der Waals surface area (Å²) in [6.45, 7) is 2.91. The number of hydrogen-bond donors (Lipinski definition) is 2. The van der Waals surface area contributed by atoms with Gasteiger partial charge in [-0.25, -0.2) is 9.97 Å². The summed E-state index contributed by atoms with van der Waals surface area (Å²) in [5.41, 5.74) is 1.24. The van der Waals surface area contributed by atoms with Gasteiger partial charge in [0.25, 0.3) is 0 Å². The van der Waals surface area contributed by atoms with E-state index in [-0.39, 0.29) is 18.4 Å². The van der Waals surface area contributed by atoms with Crippen molar-refractivity contribution in [3.8, 4) is 11.8 Å². The van der Waals surface area contributed by atoms with Crippen molar-refractivity contribution in [1.29, 1.82) is 0 Å². The van der Waals surface area contributed by atoms with Gasteiger partial charge in [0.05, 0.1) is 18.3 Å². The summed E-state index contributed by atoms with van der Waals surface area (Å²) in [5, 5.41) is 5.84. The van der Waals surface area contributed by atoms with E-state index in [1.165, 1.54) is 23.2 Å². The third kappa shape index (κ3) is 9.44. The van der Waals surface area contributed by atoms with Crippen LogP contribution in [0.15, 0.2) is 36.7 Å². The molecule has 0 radical (unpaired) electrons. The summed E-state index contributed by atoms with van der Waals surface area (Å²) in [7, 11) is 5.43. The maximum absolute atomic E-state index is 13.4. The van der Waals surface area contributed by atoms with Crippen LogP contribution in [0.3, 0.4) is 0 Å². The van der Waals surface area contributed by atoms with Crippen molar-refractivity contribution in [2.45, 2.75) is 25.7 Å². The number of likely N-dealkylation sites (N-methyl/N-ethyl adjacent to an activating group) is 2. The largest absolute Gasteiger partial charge is 0.355 e. The molecule has 0 spiro atoms. The fourth-order valence-corrected chi connectivity index (χ4v) is 3.70. The number of hydrogen-bond acceptors (Lipinski definition) is 8. The van der Waals surface area contributed by atoms with Gasteiger partial charge in [0.1, 0.15) is 5.82 Å². The Kier molecular flexibility index (Phi) is 11.0. The van der Waals surface area contributed by atoms with Gasteiger partial charge in [-0.15, -0.1) is 0 Å². The first-order valence-corrected chi connectivity index (χ1v) is 12.6. The number of nitrogens with zero attached hydrogens (tertiary/aromatic N) is 6. The minimum absolute atomic E-state index is 0.000130. The Morgan fingerprint density at radius 2 is 2.00 bits per heavy atom. The SMILES string of the molecule is CN(C)C/C=C/C(=O)N(C)CC(=O)NCCCC#Cc1cnc(Nc2ccnc(F)c2)nc1N1CCCC1. The number of rotatable bonds is 11. The first kappa shape index (κ1) is 28.5. The van der Waals surface area contributed by atoms with Crippen molar-refractivity contribution < 1.29 is 14.0 Å². The summed E-state index contributed by atoms with van der Waals surface area (Å²) in [6, 6.07) is 2.93. The van der Waals surface area contributed by atoms with Crippen molar-refractivity contribution in [2.24, 2.45) is 0 Å². The van der Waals surface area contributed by atoms with Crippen LogP contribution < -0.4 is 15.5 Å². The van der Waals surface area contributed by atoms with Gasteiger partial charge in [0, 0.05) is 63.7 Å². The third-order valence-electron chi connectivity index (χ3n) is 5.67. The molecule has 10 nitrogen and oxygen atoms in total. The number of carbonyl (C=O) groups excluding carboxylic acids is 2. The van der Waals surface area contributed by atoms with Crippen molar-refractivity contribution >= 4 is 29.3 Å². The van der Waals surface area contributed by atoms with Gasteiger partial charge >= 0.3 is 0 Å². The average molecular weight is 523 g/mol. The van der Waals surface area contributed by atoms with E-state index >= 15 is 0 Å². The molecule has 3 heterocycles. The van der Waals surface area contributed by atoms with Gasteiger partial charge in [-0.05, 0) is 39.4 Å². The van der Waals surface area contributed by atoms with Crippen LogP contribution in [0, 0.1) is 17.8 Å². The minimum Gasteiger partial charge on any atom is -0.355 e. The van der Waals surface area contributed by atoms with Crippen molar-refractivity contribution in [2.75, 3.05) is 64.1 Å². The molecule has 1 aliphatic heterocycles. The molecule has 11 heteroatoms. The Hall–Kier alpha value is -4.04. The molecule has 1 fully saturated rings. The van der Waals surface area contributed by atoms with Gasteiger partial charge < -0.3 is 25.3 Å². The van der Waals surface area contributed by atoms with E-state index in [0.29, 0.717) is 37.6 Å². The fourth-order valence-electron chi connectivity index (χ4n) is 3.70. The topological polar surface area (TPSA) is 107 Å². The van der Waals surface area contributed by atoms with E-state index in [4.69, 9.17) is 0 Å². The third-order valence-corrected chi connectivity index (χ3v) is 5.67. The van der Waals surface area contributed by atoms with Gasteiger partial charge in [-0.1, -0.05) is 17.9 Å². The van der Waals surface area contributed by atoms with Crippen LogP contribution in [-0.2, 0) is 9.59 Å². The van der Waals surface area contributed by atoms with Crippen molar-refractivity contribution in [3.63, 3.8) is 0 Å². The van der Waals surface area contributed by atoms with Gasteiger partial charge in [-0.3, -0.25) is 9.59 Å². The quantitative estimate of drug-likeness (QED) is 0.200. The Balaban J connectivity index is 1.49. The molecule has 2 N–H and O–H groups in total. The second kappa shape index (κ2) is 14.6. The lowest BCUT2D eigenvalue weighted by atomic mass is 10.2. The standard InChI is InChI=1S/C27H35FN8O2/c1-34(2)15-9-11-25(38)35(3)20-24(37)30-13-6-4-5-10-21-19-31-27(32-22-12-14-29-23(28)18-22)33-26(21)36-16-7-8-17-36/h9,11-12,14,18-19H,4,6-8,13,15-17,20H2,1-3H3,(H,30,37)(H,29,31,32,33)/b11-9+. The second-order valence-corrected chi connectivity index (χ2v) is 9.23. The van der Waals surface area contributed by atoms with Crippen molar-refractivity contribution in [3.05, 3.63) is 48.2 Å². The fraction of sp³-hybridized carbons (Fsp3) is 0.444. The molecule has 2 aromatic rings. The molecule has 0 saturated carbocycles. The maximum Gasteiger partial charge on any atom is 0.246 e. The molecule has 2 amide bonds. The molecule has 0 atom stereocenters. The summed E-state index contributed by atoms with van der Waals surface area (Å²) in [5.74, 6) is 6.42.